The fourth-order valence-electron chi connectivity index (χ4n) is 4.15. The highest BCUT2D eigenvalue weighted by Crippen LogP contribution is 2.42. The third kappa shape index (κ3) is 2.54. The van der Waals surface area contributed by atoms with Gasteiger partial charge in [-0.05, 0) is 31.7 Å². The zero-order chi connectivity index (χ0) is 18.9. The smallest absolute Gasteiger partial charge is 0.341 e. The lowest BCUT2D eigenvalue weighted by Crippen LogP contribution is -2.53. The van der Waals surface area contributed by atoms with Crippen LogP contribution in [0.25, 0.3) is 10.9 Å². The van der Waals surface area contributed by atoms with Crippen molar-refractivity contribution in [3.63, 3.8) is 0 Å². The molecule has 1 aromatic heterocycles. The quantitative estimate of drug-likeness (QED) is 0.861. The molecule has 3 fully saturated rings. The third-order valence-corrected chi connectivity index (χ3v) is 5.90. The monoisotopic (exact) mass is 375 g/mol. The van der Waals surface area contributed by atoms with Crippen molar-refractivity contribution < 1.29 is 18.7 Å². The summed E-state index contributed by atoms with van der Waals surface area (Å²) < 4.78 is 31.9. The number of hydrogen-bond donors (Lipinski definition) is 2. The first-order valence-electron chi connectivity index (χ1n) is 9.20. The van der Waals surface area contributed by atoms with E-state index in [-0.39, 0.29) is 28.2 Å². The number of benzene rings is 1. The number of aromatic carboxylic acids is 1. The molecule has 2 aliphatic carbocycles. The first-order valence-corrected chi connectivity index (χ1v) is 9.20. The normalized spacial score (nSPS) is 21.0. The highest BCUT2D eigenvalue weighted by molar-refractivity contribution is 5.94. The minimum atomic E-state index is -1.39. The molecule has 27 heavy (non-hydrogen) atoms. The van der Waals surface area contributed by atoms with E-state index in [2.05, 4.69) is 5.32 Å². The SMILES string of the molecule is O=C(O)c1cn(C2CC2)c2c(F)c(N3CCNC4(CC4)C3)c(F)cc2c1=O. The van der Waals surface area contributed by atoms with Crippen LogP contribution in [0, 0.1) is 11.6 Å². The molecule has 3 aliphatic rings. The molecule has 142 valence electrons. The van der Waals surface area contributed by atoms with Gasteiger partial charge in [-0.1, -0.05) is 0 Å². The van der Waals surface area contributed by atoms with Crippen LogP contribution in [0.15, 0.2) is 17.1 Å². The van der Waals surface area contributed by atoms with Crippen molar-refractivity contribution in [1.29, 1.82) is 0 Å². The molecule has 6 nitrogen and oxygen atoms in total. The van der Waals surface area contributed by atoms with Crippen LogP contribution in [0.1, 0.15) is 42.1 Å². The molecule has 2 heterocycles. The number of anilines is 1. The number of carboxylic acid groups (broad SMARTS) is 1. The number of hydrogen-bond acceptors (Lipinski definition) is 4. The van der Waals surface area contributed by atoms with Gasteiger partial charge in [0.1, 0.15) is 17.1 Å². The number of pyridine rings is 1. The van der Waals surface area contributed by atoms with Crippen molar-refractivity contribution in [2.45, 2.75) is 37.3 Å². The Morgan fingerprint density at radius 3 is 2.67 bits per heavy atom. The summed E-state index contributed by atoms with van der Waals surface area (Å²) in [4.78, 5) is 25.6. The van der Waals surface area contributed by atoms with Crippen LogP contribution in [0.2, 0.25) is 0 Å². The number of nitrogens with one attached hydrogen (secondary N) is 1. The predicted molar refractivity (Wildman–Crippen MR) is 95.5 cm³/mol. The number of rotatable bonds is 3. The van der Waals surface area contributed by atoms with Crippen LogP contribution in [0.3, 0.4) is 0 Å². The van der Waals surface area contributed by atoms with E-state index in [1.54, 1.807) is 4.90 Å². The van der Waals surface area contributed by atoms with Crippen molar-refractivity contribution >= 4 is 22.6 Å². The molecule has 1 saturated heterocycles. The fraction of sp³-hybridized carbons (Fsp3) is 0.474. The molecular weight excluding hydrogens is 356 g/mol. The molecule has 0 amide bonds. The number of carboxylic acids is 1. The fourth-order valence-corrected chi connectivity index (χ4v) is 4.15. The Bertz CT molecular complexity index is 1040. The number of aromatic nitrogens is 1. The van der Waals surface area contributed by atoms with Crippen molar-refractivity contribution in [1.82, 2.24) is 9.88 Å². The Kier molecular flexibility index (Phi) is 3.40. The Balaban J connectivity index is 1.74. The molecule has 2 N–H and O–H groups in total. The summed E-state index contributed by atoms with van der Waals surface area (Å²) in [6, 6.07) is 0.944. The molecule has 2 saturated carbocycles. The summed E-state index contributed by atoms with van der Waals surface area (Å²) in [7, 11) is 0. The van der Waals surface area contributed by atoms with Gasteiger partial charge in [0, 0.05) is 37.4 Å². The van der Waals surface area contributed by atoms with E-state index in [4.69, 9.17) is 0 Å². The average Bonchev–Trinajstić information content (AvgIpc) is 3.53. The molecule has 0 unspecified atom stereocenters. The van der Waals surface area contributed by atoms with Crippen LogP contribution < -0.4 is 15.6 Å². The van der Waals surface area contributed by atoms with Crippen molar-refractivity contribution in [3.05, 3.63) is 39.7 Å². The maximum atomic E-state index is 15.5. The van der Waals surface area contributed by atoms with Gasteiger partial charge in [-0.2, -0.15) is 0 Å². The van der Waals surface area contributed by atoms with E-state index >= 15 is 4.39 Å². The van der Waals surface area contributed by atoms with E-state index in [0.717, 1.165) is 31.7 Å². The summed E-state index contributed by atoms with van der Waals surface area (Å²) in [6.07, 6.45) is 4.72. The Hall–Kier alpha value is -2.48. The van der Waals surface area contributed by atoms with Gasteiger partial charge in [0.2, 0.25) is 5.43 Å². The van der Waals surface area contributed by atoms with Crippen molar-refractivity contribution in [3.8, 4) is 0 Å². The van der Waals surface area contributed by atoms with Gasteiger partial charge in [-0.15, -0.1) is 0 Å². The standard InChI is InChI=1S/C19H19F2N3O3/c20-13-7-11-15(24(10-1-2-10)8-12(17(11)25)18(26)27)14(21)16(13)23-6-5-22-19(9-23)3-4-19/h7-8,10,22H,1-6,9H2,(H,26,27). The number of halogens is 2. The maximum absolute atomic E-state index is 15.5. The van der Waals surface area contributed by atoms with Gasteiger partial charge in [0.05, 0.1) is 10.9 Å². The molecule has 0 bridgehead atoms. The summed E-state index contributed by atoms with van der Waals surface area (Å²) in [6.45, 7) is 1.64. The second-order valence-corrected chi connectivity index (χ2v) is 7.86. The summed E-state index contributed by atoms with van der Waals surface area (Å²) in [5.41, 5.74) is -1.48. The van der Waals surface area contributed by atoms with Gasteiger partial charge >= 0.3 is 5.97 Å². The summed E-state index contributed by atoms with van der Waals surface area (Å²) >= 11 is 0. The van der Waals surface area contributed by atoms with Gasteiger partial charge in [-0.25, -0.2) is 13.6 Å². The highest BCUT2D eigenvalue weighted by atomic mass is 19.1. The number of fused-ring (bicyclic) bond motifs is 1. The molecule has 2 aromatic rings. The third-order valence-electron chi connectivity index (χ3n) is 5.90. The van der Waals surface area contributed by atoms with Gasteiger partial charge < -0.3 is 19.9 Å². The number of piperazine rings is 1. The van der Waals surface area contributed by atoms with Gasteiger partial charge in [-0.3, -0.25) is 4.79 Å². The first-order chi connectivity index (χ1) is 12.9. The van der Waals surface area contributed by atoms with Gasteiger partial charge in [0.15, 0.2) is 5.82 Å². The Morgan fingerprint density at radius 2 is 2.04 bits per heavy atom. The predicted octanol–water partition coefficient (Wildman–Crippen LogP) is 2.25. The number of nitrogens with zero attached hydrogens (tertiary/aromatic N) is 2. The molecular formula is C19H19F2N3O3. The van der Waals surface area contributed by atoms with Crippen molar-refractivity contribution in [2.75, 3.05) is 24.5 Å². The lowest BCUT2D eigenvalue weighted by atomic mass is 10.1. The molecule has 8 heteroatoms. The van der Waals surface area contributed by atoms with Gasteiger partial charge in [0.25, 0.3) is 0 Å². The lowest BCUT2D eigenvalue weighted by molar-refractivity contribution is 0.0695. The molecule has 5 rings (SSSR count). The minimum absolute atomic E-state index is 0.00674. The van der Waals surface area contributed by atoms with Crippen LogP contribution in [0.5, 0.6) is 0 Å². The minimum Gasteiger partial charge on any atom is -0.477 e. The van der Waals surface area contributed by atoms with E-state index in [0.29, 0.717) is 19.6 Å². The first kappa shape index (κ1) is 16.7. The molecule has 1 aliphatic heterocycles. The molecule has 0 radical (unpaired) electrons. The maximum Gasteiger partial charge on any atom is 0.341 e. The van der Waals surface area contributed by atoms with Crippen molar-refractivity contribution in [2.24, 2.45) is 0 Å². The zero-order valence-electron chi connectivity index (χ0n) is 14.6. The molecule has 0 atom stereocenters. The van der Waals surface area contributed by atoms with E-state index < -0.39 is 28.6 Å². The van der Waals surface area contributed by atoms with Crippen LogP contribution in [0.4, 0.5) is 14.5 Å². The Morgan fingerprint density at radius 1 is 1.30 bits per heavy atom. The summed E-state index contributed by atoms with van der Waals surface area (Å²) in [5, 5.41) is 12.5. The van der Waals surface area contributed by atoms with E-state index in [1.165, 1.54) is 10.8 Å². The van der Waals surface area contributed by atoms with E-state index in [9.17, 15) is 19.1 Å². The molecule has 1 aromatic carbocycles. The highest BCUT2D eigenvalue weighted by Gasteiger charge is 2.46. The molecule has 1 spiro atoms. The number of carbonyl (C=O) groups is 1. The lowest BCUT2D eigenvalue weighted by Gasteiger charge is -2.36. The average molecular weight is 375 g/mol. The largest absolute Gasteiger partial charge is 0.477 e. The Labute approximate surface area is 153 Å². The van der Waals surface area contributed by atoms with Crippen LogP contribution in [-0.2, 0) is 0 Å². The van der Waals surface area contributed by atoms with E-state index in [1.807, 2.05) is 0 Å². The zero-order valence-corrected chi connectivity index (χ0v) is 14.6. The topological polar surface area (TPSA) is 74.6 Å². The summed E-state index contributed by atoms with van der Waals surface area (Å²) in [5.74, 6) is -2.98. The van der Waals surface area contributed by atoms with Crippen LogP contribution >= 0.6 is 0 Å². The van der Waals surface area contributed by atoms with Crippen LogP contribution in [-0.4, -0.2) is 40.8 Å². The second kappa shape index (κ2) is 5.51. The second-order valence-electron chi connectivity index (χ2n) is 7.86.